The van der Waals surface area contributed by atoms with Crippen molar-refractivity contribution < 1.29 is 32.2 Å². The zero-order valence-corrected chi connectivity index (χ0v) is 13.0. The van der Waals surface area contributed by atoms with Crippen LogP contribution in [0.1, 0.15) is 5.56 Å². The largest absolute Gasteiger partial charge is 0.478 e. The van der Waals surface area contributed by atoms with Crippen molar-refractivity contribution in [2.45, 2.75) is 12.3 Å². The van der Waals surface area contributed by atoms with Gasteiger partial charge in [0.1, 0.15) is 11.6 Å². The van der Waals surface area contributed by atoms with Crippen LogP contribution in [0.2, 0.25) is 5.02 Å². The highest BCUT2D eigenvalue weighted by Crippen LogP contribution is 2.44. The molecular formula is C17H9ClF4O3. The van der Waals surface area contributed by atoms with Gasteiger partial charge in [-0.2, -0.15) is 13.2 Å². The standard InChI is InChI=1S/C17H9ClF4O3/c18-9-5-8-6-12(16(23)24)15(17(20,21)22)25-14(8)11(7-9)10-3-1-2-4-13(10)19/h1-7,15H,(H,23,24). The number of carboxylic acid groups (broad SMARTS) is 1. The molecule has 1 N–H and O–H groups in total. The van der Waals surface area contributed by atoms with E-state index in [1.54, 1.807) is 0 Å². The summed E-state index contributed by atoms with van der Waals surface area (Å²) in [6.45, 7) is 0. The lowest BCUT2D eigenvalue weighted by Gasteiger charge is -2.28. The molecule has 8 heteroatoms. The van der Waals surface area contributed by atoms with Crippen molar-refractivity contribution >= 4 is 23.6 Å². The third-order valence-corrected chi connectivity index (χ3v) is 3.84. The molecule has 0 saturated carbocycles. The average Bonchev–Trinajstić information content (AvgIpc) is 2.52. The monoisotopic (exact) mass is 372 g/mol. The Kier molecular flexibility index (Phi) is 4.20. The summed E-state index contributed by atoms with van der Waals surface area (Å²) in [4.78, 5) is 11.2. The fourth-order valence-corrected chi connectivity index (χ4v) is 2.80. The molecule has 1 unspecified atom stereocenters. The maximum Gasteiger partial charge on any atom is 0.430 e. The second-order valence-corrected chi connectivity index (χ2v) is 5.73. The second kappa shape index (κ2) is 6.07. The Hall–Kier alpha value is -2.54. The van der Waals surface area contributed by atoms with Crippen LogP contribution in [0.25, 0.3) is 17.2 Å². The lowest BCUT2D eigenvalue weighted by Crippen LogP contribution is -2.40. The maximum atomic E-state index is 14.1. The predicted molar refractivity (Wildman–Crippen MR) is 82.9 cm³/mol. The molecule has 0 aliphatic carbocycles. The van der Waals surface area contributed by atoms with E-state index in [-0.39, 0.29) is 27.5 Å². The first-order valence-corrected chi connectivity index (χ1v) is 7.33. The van der Waals surface area contributed by atoms with Gasteiger partial charge in [0.05, 0.1) is 5.57 Å². The molecule has 2 aromatic rings. The number of halogens is 5. The molecule has 130 valence electrons. The van der Waals surface area contributed by atoms with Crippen LogP contribution in [0.3, 0.4) is 0 Å². The Morgan fingerprint density at radius 1 is 1.16 bits per heavy atom. The van der Waals surface area contributed by atoms with Crippen LogP contribution >= 0.6 is 11.6 Å². The van der Waals surface area contributed by atoms with Gasteiger partial charge in [0.25, 0.3) is 0 Å². The molecule has 0 bridgehead atoms. The lowest BCUT2D eigenvalue weighted by atomic mass is 9.95. The summed E-state index contributed by atoms with van der Waals surface area (Å²) in [5.41, 5.74) is -0.935. The molecule has 0 radical (unpaired) electrons. The van der Waals surface area contributed by atoms with Crippen molar-refractivity contribution in [3.8, 4) is 16.9 Å². The molecule has 0 aromatic heterocycles. The molecule has 1 aliphatic heterocycles. The summed E-state index contributed by atoms with van der Waals surface area (Å²) in [7, 11) is 0. The number of alkyl halides is 3. The smallest absolute Gasteiger partial charge is 0.430 e. The molecule has 1 aliphatic rings. The molecule has 0 fully saturated rings. The molecule has 1 heterocycles. The van der Waals surface area contributed by atoms with Crippen LogP contribution in [0.5, 0.6) is 5.75 Å². The minimum atomic E-state index is -4.95. The third kappa shape index (κ3) is 3.19. The topological polar surface area (TPSA) is 46.5 Å². The number of carbonyl (C=O) groups is 1. The molecule has 3 rings (SSSR count). The van der Waals surface area contributed by atoms with Gasteiger partial charge in [0.15, 0.2) is 0 Å². The van der Waals surface area contributed by atoms with Crippen LogP contribution in [0.15, 0.2) is 42.0 Å². The number of hydrogen-bond acceptors (Lipinski definition) is 2. The van der Waals surface area contributed by atoms with E-state index >= 15 is 0 Å². The Balaban J connectivity index is 2.26. The van der Waals surface area contributed by atoms with Crippen molar-refractivity contribution in [1.29, 1.82) is 0 Å². The van der Waals surface area contributed by atoms with Gasteiger partial charge in [-0.3, -0.25) is 0 Å². The first kappa shape index (κ1) is 17.3. The van der Waals surface area contributed by atoms with Crippen LogP contribution < -0.4 is 4.74 Å². The van der Waals surface area contributed by atoms with Gasteiger partial charge < -0.3 is 9.84 Å². The van der Waals surface area contributed by atoms with E-state index in [1.165, 1.54) is 30.3 Å². The van der Waals surface area contributed by atoms with Crippen LogP contribution in [-0.2, 0) is 4.79 Å². The maximum absolute atomic E-state index is 14.1. The van der Waals surface area contributed by atoms with E-state index in [0.29, 0.717) is 0 Å². The molecule has 0 saturated heterocycles. The van der Waals surface area contributed by atoms with Crippen molar-refractivity contribution in [3.63, 3.8) is 0 Å². The molecule has 1 atom stereocenters. The first-order chi connectivity index (χ1) is 11.7. The average molecular weight is 373 g/mol. The second-order valence-electron chi connectivity index (χ2n) is 5.30. The van der Waals surface area contributed by atoms with Gasteiger partial charge in [-0.1, -0.05) is 29.8 Å². The summed E-state index contributed by atoms with van der Waals surface area (Å²) < 4.78 is 58.7. The van der Waals surface area contributed by atoms with E-state index in [0.717, 1.165) is 12.1 Å². The van der Waals surface area contributed by atoms with Gasteiger partial charge in [0.2, 0.25) is 6.10 Å². The molecule has 25 heavy (non-hydrogen) atoms. The quantitative estimate of drug-likeness (QED) is 0.760. The number of rotatable bonds is 2. The number of hydrogen-bond donors (Lipinski definition) is 1. The molecule has 2 aromatic carbocycles. The summed E-state index contributed by atoms with van der Waals surface area (Å²) in [6, 6.07) is 7.98. The normalized spacial score (nSPS) is 16.7. The number of fused-ring (bicyclic) bond motifs is 1. The third-order valence-electron chi connectivity index (χ3n) is 3.62. The highest BCUT2D eigenvalue weighted by molar-refractivity contribution is 6.31. The molecule has 0 spiro atoms. The first-order valence-electron chi connectivity index (χ1n) is 6.95. The van der Waals surface area contributed by atoms with Crippen molar-refractivity contribution in [1.82, 2.24) is 0 Å². The van der Waals surface area contributed by atoms with Gasteiger partial charge in [0, 0.05) is 21.7 Å². The lowest BCUT2D eigenvalue weighted by molar-refractivity contribution is -0.187. The van der Waals surface area contributed by atoms with Crippen molar-refractivity contribution in [3.05, 3.63) is 58.4 Å². The summed E-state index contributed by atoms with van der Waals surface area (Å²) in [5.74, 6) is -2.71. The SMILES string of the molecule is O=C(O)C1=Cc2cc(Cl)cc(-c3ccccc3F)c2OC1C(F)(F)F. The number of carboxylic acids is 1. The Labute approximate surface area is 144 Å². The van der Waals surface area contributed by atoms with E-state index < -0.39 is 29.6 Å². The zero-order chi connectivity index (χ0) is 18.4. The molecule has 0 amide bonds. The highest BCUT2D eigenvalue weighted by Gasteiger charge is 2.48. The number of benzene rings is 2. The number of ether oxygens (including phenoxy) is 1. The van der Waals surface area contributed by atoms with E-state index in [2.05, 4.69) is 0 Å². The summed E-state index contributed by atoms with van der Waals surface area (Å²) >= 11 is 5.96. The minimum Gasteiger partial charge on any atom is -0.478 e. The summed E-state index contributed by atoms with van der Waals surface area (Å²) in [6.07, 6.45) is -6.77. The minimum absolute atomic E-state index is 0.00523. The van der Waals surface area contributed by atoms with Gasteiger partial charge in [-0.15, -0.1) is 0 Å². The van der Waals surface area contributed by atoms with Crippen LogP contribution in [0, 0.1) is 5.82 Å². The van der Waals surface area contributed by atoms with E-state index in [9.17, 15) is 22.4 Å². The Morgan fingerprint density at radius 2 is 1.84 bits per heavy atom. The highest BCUT2D eigenvalue weighted by atomic mass is 35.5. The van der Waals surface area contributed by atoms with Crippen LogP contribution in [-0.4, -0.2) is 23.4 Å². The van der Waals surface area contributed by atoms with E-state index in [4.69, 9.17) is 21.4 Å². The van der Waals surface area contributed by atoms with Crippen molar-refractivity contribution in [2.24, 2.45) is 0 Å². The molecule has 3 nitrogen and oxygen atoms in total. The Morgan fingerprint density at radius 3 is 2.44 bits per heavy atom. The van der Waals surface area contributed by atoms with Gasteiger partial charge in [-0.25, -0.2) is 9.18 Å². The van der Waals surface area contributed by atoms with E-state index in [1.807, 2.05) is 0 Å². The Bertz CT molecular complexity index is 890. The zero-order valence-electron chi connectivity index (χ0n) is 12.3. The van der Waals surface area contributed by atoms with Gasteiger partial charge >= 0.3 is 12.1 Å². The fraction of sp³-hybridized carbons (Fsp3) is 0.118. The van der Waals surface area contributed by atoms with Crippen LogP contribution in [0.4, 0.5) is 17.6 Å². The predicted octanol–water partition coefficient (Wildman–Crippen LogP) is 4.94. The molecular weight excluding hydrogens is 364 g/mol. The van der Waals surface area contributed by atoms with Crippen molar-refractivity contribution in [2.75, 3.05) is 0 Å². The summed E-state index contributed by atoms with van der Waals surface area (Å²) in [5, 5.41) is 9.16. The fourth-order valence-electron chi connectivity index (χ4n) is 2.57. The number of aliphatic carboxylic acids is 1. The van der Waals surface area contributed by atoms with Gasteiger partial charge in [-0.05, 0) is 24.3 Å².